The molecule has 1 aromatic carbocycles. The lowest BCUT2D eigenvalue weighted by Gasteiger charge is -2.11. The molecule has 4 nitrogen and oxygen atoms in total. The van der Waals surface area contributed by atoms with E-state index in [-0.39, 0.29) is 5.91 Å². The smallest absolute Gasteiger partial charge is 0.224 e. The molecule has 0 atom stereocenters. The zero-order valence-corrected chi connectivity index (χ0v) is 13.9. The van der Waals surface area contributed by atoms with E-state index in [0.717, 1.165) is 13.0 Å². The number of nitrogens with two attached hydrogens (primary N) is 1. The van der Waals surface area contributed by atoms with Crippen LogP contribution in [0.25, 0.3) is 0 Å². The van der Waals surface area contributed by atoms with Crippen LogP contribution in [0.3, 0.4) is 0 Å². The van der Waals surface area contributed by atoms with Crippen molar-refractivity contribution >= 4 is 40.5 Å². The van der Waals surface area contributed by atoms with Crippen molar-refractivity contribution in [3.63, 3.8) is 0 Å². The topological polar surface area (TPSA) is 64.3 Å². The van der Waals surface area contributed by atoms with Gasteiger partial charge in [-0.05, 0) is 30.9 Å². The maximum absolute atomic E-state index is 11.8. The van der Waals surface area contributed by atoms with Gasteiger partial charge in [-0.3, -0.25) is 4.79 Å². The monoisotopic (exact) mass is 332 g/mol. The molecule has 118 valence electrons. The maximum atomic E-state index is 11.8. The van der Waals surface area contributed by atoms with E-state index in [1.54, 1.807) is 12.1 Å². The van der Waals surface area contributed by atoms with Gasteiger partial charge in [-0.25, -0.2) is 0 Å². The third kappa shape index (κ3) is 7.02. The Morgan fingerprint density at radius 3 is 2.67 bits per heavy atom. The van der Waals surface area contributed by atoms with Gasteiger partial charge in [0.15, 0.2) is 0 Å². The number of nitrogens with one attached hydrogen (secondary N) is 1. The average molecular weight is 333 g/mol. The maximum Gasteiger partial charge on any atom is 0.224 e. The van der Waals surface area contributed by atoms with E-state index in [1.807, 2.05) is 0 Å². The summed E-state index contributed by atoms with van der Waals surface area (Å²) >= 11 is 11.8. The van der Waals surface area contributed by atoms with Crippen LogP contribution >= 0.6 is 23.2 Å². The molecule has 21 heavy (non-hydrogen) atoms. The molecule has 0 aliphatic heterocycles. The van der Waals surface area contributed by atoms with Gasteiger partial charge in [0, 0.05) is 24.7 Å². The predicted molar refractivity (Wildman–Crippen MR) is 89.0 cm³/mol. The lowest BCUT2D eigenvalue weighted by atomic mass is 10.1. The molecule has 0 radical (unpaired) electrons. The van der Waals surface area contributed by atoms with E-state index in [2.05, 4.69) is 19.2 Å². The second-order valence-corrected chi connectivity index (χ2v) is 6.14. The molecule has 0 fully saturated rings. The van der Waals surface area contributed by atoms with Crippen LogP contribution in [0.4, 0.5) is 11.4 Å². The van der Waals surface area contributed by atoms with Crippen LogP contribution in [-0.4, -0.2) is 19.1 Å². The van der Waals surface area contributed by atoms with Crippen molar-refractivity contribution in [2.24, 2.45) is 5.92 Å². The standard InChI is InChI=1S/C15H22Cl2N2O2/c1-10(2)5-7-21-6-3-4-14(20)19-15-12(17)8-11(16)9-13(15)18/h8-10H,3-7,18H2,1-2H3,(H,19,20). The van der Waals surface area contributed by atoms with Crippen molar-refractivity contribution in [2.75, 3.05) is 24.3 Å². The molecule has 0 aliphatic rings. The summed E-state index contributed by atoms with van der Waals surface area (Å²) in [5.41, 5.74) is 6.55. The molecular formula is C15H22Cl2N2O2. The number of ether oxygens (including phenoxy) is 1. The van der Waals surface area contributed by atoms with Gasteiger partial charge in [0.05, 0.1) is 16.4 Å². The Balaban J connectivity index is 2.31. The number of anilines is 2. The van der Waals surface area contributed by atoms with Crippen LogP contribution in [-0.2, 0) is 9.53 Å². The van der Waals surface area contributed by atoms with Crippen LogP contribution < -0.4 is 11.1 Å². The largest absolute Gasteiger partial charge is 0.397 e. The first-order chi connectivity index (χ1) is 9.90. The third-order valence-corrected chi connectivity index (χ3v) is 3.40. The van der Waals surface area contributed by atoms with E-state index in [4.69, 9.17) is 33.7 Å². The summed E-state index contributed by atoms with van der Waals surface area (Å²) in [5, 5.41) is 3.48. The third-order valence-electron chi connectivity index (χ3n) is 2.88. The highest BCUT2D eigenvalue weighted by atomic mass is 35.5. The Labute approximate surface area is 135 Å². The molecule has 0 bridgehead atoms. The lowest BCUT2D eigenvalue weighted by Crippen LogP contribution is -2.14. The quantitative estimate of drug-likeness (QED) is 0.549. The van der Waals surface area contributed by atoms with Gasteiger partial charge < -0.3 is 15.8 Å². The number of halogens is 2. The molecule has 0 saturated carbocycles. The lowest BCUT2D eigenvalue weighted by molar-refractivity contribution is -0.116. The van der Waals surface area contributed by atoms with Crippen LogP contribution in [0.5, 0.6) is 0 Å². The predicted octanol–water partition coefficient (Wildman–Crippen LogP) is 4.36. The summed E-state index contributed by atoms with van der Waals surface area (Å²) in [6.07, 6.45) is 2.05. The zero-order valence-electron chi connectivity index (χ0n) is 12.4. The number of carbonyl (C=O) groups is 1. The molecule has 3 N–H and O–H groups in total. The molecular weight excluding hydrogens is 311 g/mol. The van der Waals surface area contributed by atoms with Gasteiger partial charge in [0.2, 0.25) is 5.91 Å². The summed E-state index contributed by atoms with van der Waals surface area (Å²) in [6.45, 7) is 5.60. The van der Waals surface area contributed by atoms with Crippen LogP contribution in [0.2, 0.25) is 10.0 Å². The first-order valence-corrected chi connectivity index (χ1v) is 7.78. The Morgan fingerprint density at radius 2 is 2.05 bits per heavy atom. The van der Waals surface area contributed by atoms with E-state index in [1.165, 1.54) is 0 Å². The van der Waals surface area contributed by atoms with Crippen molar-refractivity contribution < 1.29 is 9.53 Å². The van der Waals surface area contributed by atoms with Crippen molar-refractivity contribution in [3.05, 3.63) is 22.2 Å². The van der Waals surface area contributed by atoms with Gasteiger partial charge in [-0.15, -0.1) is 0 Å². The Hall–Kier alpha value is -0.970. The number of rotatable bonds is 8. The van der Waals surface area contributed by atoms with Crippen molar-refractivity contribution in [2.45, 2.75) is 33.1 Å². The SMILES string of the molecule is CC(C)CCOCCCC(=O)Nc1c(N)cc(Cl)cc1Cl. The van der Waals surface area contributed by atoms with Gasteiger partial charge in [-0.2, -0.15) is 0 Å². The summed E-state index contributed by atoms with van der Waals surface area (Å²) in [4.78, 5) is 11.8. The summed E-state index contributed by atoms with van der Waals surface area (Å²) in [5.74, 6) is 0.488. The average Bonchev–Trinajstić information content (AvgIpc) is 2.37. The fourth-order valence-corrected chi connectivity index (χ4v) is 2.24. The minimum absolute atomic E-state index is 0.140. The highest BCUT2D eigenvalue weighted by molar-refractivity contribution is 6.37. The number of nitrogen functional groups attached to an aromatic ring is 1. The van der Waals surface area contributed by atoms with E-state index < -0.39 is 0 Å². The molecule has 0 unspecified atom stereocenters. The second-order valence-electron chi connectivity index (χ2n) is 5.30. The zero-order chi connectivity index (χ0) is 15.8. The molecule has 1 rings (SSSR count). The minimum atomic E-state index is -0.140. The highest BCUT2D eigenvalue weighted by Crippen LogP contribution is 2.32. The molecule has 0 spiro atoms. The number of amides is 1. The highest BCUT2D eigenvalue weighted by Gasteiger charge is 2.10. The van der Waals surface area contributed by atoms with Gasteiger partial charge in [0.1, 0.15) is 0 Å². The molecule has 0 saturated heterocycles. The van der Waals surface area contributed by atoms with Crippen molar-refractivity contribution in [3.8, 4) is 0 Å². The van der Waals surface area contributed by atoms with Crippen molar-refractivity contribution in [1.82, 2.24) is 0 Å². The number of hydrogen-bond acceptors (Lipinski definition) is 3. The molecule has 0 aliphatic carbocycles. The molecule has 0 heterocycles. The molecule has 1 aromatic rings. The normalized spacial score (nSPS) is 10.9. The first kappa shape index (κ1) is 18.1. The van der Waals surface area contributed by atoms with Crippen LogP contribution in [0.1, 0.15) is 33.1 Å². The Kier molecular flexibility index (Phi) is 7.86. The summed E-state index contributed by atoms with van der Waals surface area (Å²) in [6, 6.07) is 3.10. The number of carbonyl (C=O) groups excluding carboxylic acids is 1. The van der Waals surface area contributed by atoms with Gasteiger partial charge in [-0.1, -0.05) is 37.0 Å². The van der Waals surface area contributed by atoms with E-state index in [9.17, 15) is 4.79 Å². The van der Waals surface area contributed by atoms with E-state index >= 15 is 0 Å². The fourth-order valence-electron chi connectivity index (χ4n) is 1.68. The van der Waals surface area contributed by atoms with Gasteiger partial charge >= 0.3 is 0 Å². The van der Waals surface area contributed by atoms with Crippen LogP contribution in [0.15, 0.2) is 12.1 Å². The van der Waals surface area contributed by atoms with Crippen LogP contribution in [0, 0.1) is 5.92 Å². The van der Waals surface area contributed by atoms with E-state index in [0.29, 0.717) is 46.8 Å². The van der Waals surface area contributed by atoms with Gasteiger partial charge in [0.25, 0.3) is 0 Å². The fraction of sp³-hybridized carbons (Fsp3) is 0.533. The Bertz CT molecular complexity index is 456. The van der Waals surface area contributed by atoms with Crippen molar-refractivity contribution in [1.29, 1.82) is 0 Å². The summed E-state index contributed by atoms with van der Waals surface area (Å²) < 4.78 is 5.46. The Morgan fingerprint density at radius 1 is 1.33 bits per heavy atom. The molecule has 6 heteroatoms. The number of hydrogen-bond donors (Lipinski definition) is 2. The number of benzene rings is 1. The molecule has 0 aromatic heterocycles. The first-order valence-electron chi connectivity index (χ1n) is 7.02. The second kappa shape index (κ2) is 9.13. The summed E-state index contributed by atoms with van der Waals surface area (Å²) in [7, 11) is 0. The minimum Gasteiger partial charge on any atom is -0.397 e. The molecule has 1 amide bonds.